The third-order valence-electron chi connectivity index (χ3n) is 4.44. The summed E-state index contributed by atoms with van der Waals surface area (Å²) in [5.41, 5.74) is 8.24. The molecule has 1 fully saturated rings. The molecule has 1 aromatic rings. The number of nitrogen functional groups attached to an aromatic ring is 1. The van der Waals surface area contributed by atoms with Gasteiger partial charge >= 0.3 is 0 Å². The highest BCUT2D eigenvalue weighted by atomic mass is 16.5. The molecule has 1 aromatic heterocycles. The van der Waals surface area contributed by atoms with Gasteiger partial charge in [-0.2, -0.15) is 0 Å². The van der Waals surface area contributed by atoms with Gasteiger partial charge < -0.3 is 10.5 Å². The maximum atomic E-state index is 6.18. The van der Waals surface area contributed by atoms with Crippen molar-refractivity contribution in [1.82, 2.24) is 9.97 Å². The number of aromatic nitrogens is 2. The van der Waals surface area contributed by atoms with E-state index in [0.29, 0.717) is 24.3 Å². The zero-order chi connectivity index (χ0) is 15.4. The molecule has 2 N–H and O–H groups in total. The molecule has 0 amide bonds. The Balaban J connectivity index is 2.31. The average molecular weight is 291 g/mol. The fraction of sp³-hybridized carbons (Fsp3) is 0.765. The van der Waals surface area contributed by atoms with Gasteiger partial charge in [0.25, 0.3) is 0 Å². The van der Waals surface area contributed by atoms with Gasteiger partial charge in [-0.25, -0.2) is 9.97 Å². The summed E-state index contributed by atoms with van der Waals surface area (Å²) >= 11 is 0. The summed E-state index contributed by atoms with van der Waals surface area (Å²) in [6, 6.07) is 0. The van der Waals surface area contributed by atoms with Gasteiger partial charge in [-0.05, 0) is 38.5 Å². The Hall–Kier alpha value is -1.16. The van der Waals surface area contributed by atoms with Gasteiger partial charge in [0.05, 0.1) is 0 Å². The number of aryl methyl sites for hydroxylation is 1. The van der Waals surface area contributed by atoms with Gasteiger partial charge in [-0.3, -0.25) is 0 Å². The lowest BCUT2D eigenvalue weighted by molar-refractivity contribution is -0.000221. The molecular weight excluding hydrogens is 262 g/mol. The third kappa shape index (κ3) is 3.73. The fourth-order valence-corrected chi connectivity index (χ4v) is 3.50. The van der Waals surface area contributed by atoms with Crippen LogP contribution in [0.5, 0.6) is 0 Å². The van der Waals surface area contributed by atoms with E-state index in [2.05, 4.69) is 18.8 Å². The lowest BCUT2D eigenvalue weighted by Gasteiger charge is -2.29. The van der Waals surface area contributed by atoms with E-state index in [1.54, 1.807) is 0 Å². The van der Waals surface area contributed by atoms with Crippen molar-refractivity contribution < 1.29 is 4.74 Å². The molecule has 1 aliphatic rings. The molecule has 118 valence electrons. The summed E-state index contributed by atoms with van der Waals surface area (Å²) in [4.78, 5) is 9.32. The van der Waals surface area contributed by atoms with E-state index in [9.17, 15) is 0 Å². The lowest BCUT2D eigenvalue weighted by atomic mass is 9.84. The van der Waals surface area contributed by atoms with Gasteiger partial charge in [0.2, 0.25) is 0 Å². The normalized spacial score (nSPS) is 18.1. The molecule has 1 atom stereocenters. The lowest BCUT2D eigenvalue weighted by Crippen LogP contribution is -2.22. The van der Waals surface area contributed by atoms with E-state index in [0.717, 1.165) is 17.1 Å². The number of hydrogen-bond acceptors (Lipinski definition) is 4. The van der Waals surface area contributed by atoms with Crippen molar-refractivity contribution in [3.8, 4) is 0 Å². The number of ether oxygens (including phenoxy) is 1. The zero-order valence-electron chi connectivity index (χ0n) is 13.9. The Morgan fingerprint density at radius 3 is 2.38 bits per heavy atom. The summed E-state index contributed by atoms with van der Waals surface area (Å²) in [6.07, 6.45) is 6.32. The van der Waals surface area contributed by atoms with Crippen LogP contribution >= 0.6 is 0 Å². The first kappa shape index (κ1) is 16.2. The monoisotopic (exact) mass is 291 g/mol. The fourth-order valence-electron chi connectivity index (χ4n) is 3.50. The van der Waals surface area contributed by atoms with Crippen molar-refractivity contribution in [1.29, 1.82) is 0 Å². The highest BCUT2D eigenvalue weighted by Gasteiger charge is 2.29. The number of hydrogen-bond donors (Lipinski definition) is 1. The topological polar surface area (TPSA) is 61.0 Å². The summed E-state index contributed by atoms with van der Waals surface area (Å²) in [5.74, 6) is 2.28. The molecule has 2 rings (SSSR count). The van der Waals surface area contributed by atoms with Gasteiger partial charge in [0, 0.05) is 17.9 Å². The van der Waals surface area contributed by atoms with E-state index in [1.807, 2.05) is 13.8 Å². The van der Waals surface area contributed by atoms with Crippen molar-refractivity contribution in [3.05, 3.63) is 17.1 Å². The van der Waals surface area contributed by atoms with Crippen LogP contribution in [-0.4, -0.2) is 16.6 Å². The van der Waals surface area contributed by atoms with E-state index in [4.69, 9.17) is 15.5 Å². The van der Waals surface area contributed by atoms with Crippen LogP contribution in [0.1, 0.15) is 82.0 Å². The first-order chi connectivity index (χ1) is 10.0. The first-order valence-corrected chi connectivity index (χ1v) is 8.30. The molecular formula is C17H29N3O. The number of nitrogens with zero attached hydrogens (tertiary/aromatic N) is 2. The molecule has 0 radical (unpaired) electrons. The minimum absolute atomic E-state index is 0.00230. The highest BCUT2D eigenvalue weighted by molar-refractivity contribution is 5.44. The van der Waals surface area contributed by atoms with E-state index in [1.165, 1.54) is 32.1 Å². The van der Waals surface area contributed by atoms with Crippen LogP contribution in [0.4, 0.5) is 5.82 Å². The second-order valence-corrected chi connectivity index (χ2v) is 6.39. The van der Waals surface area contributed by atoms with Crippen molar-refractivity contribution in [2.45, 2.75) is 71.8 Å². The summed E-state index contributed by atoms with van der Waals surface area (Å²) in [6.45, 7) is 9.01. The minimum atomic E-state index is -0.00230. The third-order valence-corrected chi connectivity index (χ3v) is 4.44. The zero-order valence-corrected chi connectivity index (χ0v) is 13.9. The summed E-state index contributed by atoms with van der Waals surface area (Å²) < 4.78 is 6.00. The standard InChI is InChI=1S/C17H29N3O/c1-5-21-15(13-9-7-6-8-10-13)17-19-12(4)14(11(2)3)16(18)20-17/h11,13,15H,5-10H2,1-4H3,(H2,18,19,20). The van der Waals surface area contributed by atoms with Gasteiger partial charge in [0.1, 0.15) is 11.9 Å². The van der Waals surface area contributed by atoms with Crippen LogP contribution in [-0.2, 0) is 4.74 Å². The summed E-state index contributed by atoms with van der Waals surface area (Å²) in [5, 5.41) is 0. The second-order valence-electron chi connectivity index (χ2n) is 6.39. The molecule has 1 unspecified atom stereocenters. The number of anilines is 1. The van der Waals surface area contributed by atoms with Crippen molar-refractivity contribution >= 4 is 5.82 Å². The van der Waals surface area contributed by atoms with Crippen LogP contribution in [0.2, 0.25) is 0 Å². The Labute approximate surface area is 128 Å². The molecule has 1 saturated carbocycles. The van der Waals surface area contributed by atoms with E-state index in [-0.39, 0.29) is 6.10 Å². The predicted octanol–water partition coefficient (Wildman–Crippen LogP) is 4.15. The molecule has 21 heavy (non-hydrogen) atoms. The van der Waals surface area contributed by atoms with Crippen LogP contribution in [0.25, 0.3) is 0 Å². The molecule has 1 heterocycles. The first-order valence-electron chi connectivity index (χ1n) is 8.30. The number of nitrogens with two attached hydrogens (primary N) is 1. The summed E-state index contributed by atoms with van der Waals surface area (Å²) in [7, 11) is 0. The van der Waals surface area contributed by atoms with Crippen molar-refractivity contribution in [3.63, 3.8) is 0 Å². The van der Waals surface area contributed by atoms with Crippen LogP contribution in [0.3, 0.4) is 0 Å². The smallest absolute Gasteiger partial charge is 0.160 e. The minimum Gasteiger partial charge on any atom is -0.383 e. The largest absolute Gasteiger partial charge is 0.383 e. The Kier molecular flexibility index (Phi) is 5.57. The van der Waals surface area contributed by atoms with E-state index >= 15 is 0 Å². The molecule has 0 bridgehead atoms. The molecule has 0 saturated heterocycles. The molecule has 0 aromatic carbocycles. The SMILES string of the molecule is CCOC(c1nc(C)c(C(C)C)c(N)n1)C1CCCCC1. The van der Waals surface area contributed by atoms with E-state index < -0.39 is 0 Å². The van der Waals surface area contributed by atoms with Gasteiger partial charge in [-0.15, -0.1) is 0 Å². The highest BCUT2D eigenvalue weighted by Crippen LogP contribution is 2.36. The van der Waals surface area contributed by atoms with Crippen molar-refractivity contribution in [2.75, 3.05) is 12.3 Å². The molecule has 4 heteroatoms. The number of rotatable bonds is 5. The Morgan fingerprint density at radius 2 is 1.86 bits per heavy atom. The molecule has 0 aliphatic heterocycles. The Morgan fingerprint density at radius 1 is 1.19 bits per heavy atom. The predicted molar refractivity (Wildman–Crippen MR) is 86.2 cm³/mol. The van der Waals surface area contributed by atoms with Crippen molar-refractivity contribution in [2.24, 2.45) is 5.92 Å². The van der Waals surface area contributed by atoms with Gasteiger partial charge in [0.15, 0.2) is 5.82 Å². The van der Waals surface area contributed by atoms with Crippen LogP contribution in [0, 0.1) is 12.8 Å². The molecule has 1 aliphatic carbocycles. The van der Waals surface area contributed by atoms with Crippen LogP contribution < -0.4 is 5.73 Å². The average Bonchev–Trinajstić information content (AvgIpc) is 2.44. The quantitative estimate of drug-likeness (QED) is 0.885. The van der Waals surface area contributed by atoms with Gasteiger partial charge in [-0.1, -0.05) is 33.1 Å². The maximum Gasteiger partial charge on any atom is 0.160 e. The second kappa shape index (κ2) is 7.21. The molecule has 0 spiro atoms. The Bertz CT molecular complexity index is 444. The van der Waals surface area contributed by atoms with Crippen LogP contribution in [0.15, 0.2) is 0 Å². The maximum absolute atomic E-state index is 6.18. The molecule has 4 nitrogen and oxygen atoms in total.